The van der Waals surface area contributed by atoms with Crippen molar-refractivity contribution in [3.8, 4) is 0 Å². The van der Waals surface area contributed by atoms with Crippen LogP contribution in [0.5, 0.6) is 0 Å². The van der Waals surface area contributed by atoms with Gasteiger partial charge in [-0.05, 0) is 83.9 Å². The van der Waals surface area contributed by atoms with Crippen LogP contribution in [0, 0.1) is 0 Å². The average molecular weight is 1030 g/mol. The zero-order valence-corrected chi connectivity index (χ0v) is 39.1. The third kappa shape index (κ3) is 12.1. The second kappa shape index (κ2) is 20.4. The largest absolute Gasteiger partial charge is 0.296 e. The van der Waals surface area contributed by atoms with E-state index in [1.54, 1.807) is 97.1 Å². The van der Waals surface area contributed by atoms with Gasteiger partial charge in [-0.1, -0.05) is 119 Å². The molecule has 0 unspecified atom stereocenters. The first kappa shape index (κ1) is 47.4. The Morgan fingerprint density at radius 3 is 0.868 bits per heavy atom. The lowest BCUT2D eigenvalue weighted by atomic mass is 10.1. The predicted octanol–water partition coefficient (Wildman–Crippen LogP) is 8.33. The standard InChI is InChI=1S/C44H32Cl4N12O6S2/c45-29-9-1-5-13-33(29)51-41-55-39(56-42(59-41)52-34-14-6-2-10-30(34)46)49-27-21-19-25(37(23-27)67(61,62)63)17-18-26-20-22-28(24-38(26)68(64,65)66)50-40-57-43(53-35-15-7-3-11-31(35)47)60-44(58-40)54-36-16-8-4-12-32(36)48/h1-24H,(H,61,62,63)(H,64,65,66)(H3,49,51,52,55,56,59)(H3,50,53,54,57,58,60)/b18-17+. The van der Waals surface area contributed by atoms with Gasteiger partial charge < -0.3 is 0 Å². The molecule has 68 heavy (non-hydrogen) atoms. The van der Waals surface area contributed by atoms with Gasteiger partial charge in [0.2, 0.25) is 33.7 Å². The number of nitrogens with zero attached hydrogens (tertiary/aromatic N) is 6. The number of hydrogen-bond acceptors (Lipinski definition) is 10. The van der Waals surface area contributed by atoms with Crippen LogP contribution in [0.15, 0.2) is 173 Å². The Bertz CT molecular complexity index is 3560. The minimum absolute atomic E-state index is 0.0366. The van der Waals surface area contributed by atoms with Crippen LogP contribution in [-0.4, -0.2) is 55.8 Å². The van der Waals surface area contributed by atoms with E-state index >= 15 is 0 Å². The van der Waals surface area contributed by atoms with Crippen molar-refractivity contribution in [1.82, 2.24) is 29.9 Å². The van der Waals surface area contributed by atoms with Crippen molar-refractivity contribution in [3.05, 3.63) is 198 Å². The van der Waals surface area contributed by atoms with Gasteiger partial charge in [0.25, 0.3) is 20.2 Å². The molecule has 2 heterocycles. The van der Waals surface area contributed by atoms with Crippen LogP contribution in [-0.2, 0) is 20.2 Å². The highest BCUT2D eigenvalue weighted by atomic mass is 35.5. The topological polar surface area (TPSA) is 278 Å². The van der Waals surface area contributed by atoms with Crippen molar-refractivity contribution >= 4 is 113 Å². The van der Waals surface area contributed by atoms with Gasteiger partial charge in [0.05, 0.1) is 54.2 Å². The Labute approximate surface area is 404 Å². The SMILES string of the molecule is O=S(=O)(O)c1cc(N=c2[nH]c(=Nc3ccccc3Cl)[nH]c(=Nc3ccccc3Cl)[nH]2)ccc1/C=C/c1ccc(N=c2[nH]c(=Nc3ccccc3Cl)[nH]c(=Nc3ccccc3Cl)[nH]2)cc1S(=O)(=O)O. The molecule has 0 bridgehead atoms. The summed E-state index contributed by atoms with van der Waals surface area (Å²) < 4.78 is 71.9. The fourth-order valence-corrected chi connectivity index (χ4v) is 8.31. The summed E-state index contributed by atoms with van der Waals surface area (Å²) in [4.78, 5) is 43.8. The minimum Gasteiger partial charge on any atom is -0.296 e. The molecule has 18 nitrogen and oxygen atoms in total. The third-order valence-corrected chi connectivity index (χ3v) is 12.3. The van der Waals surface area contributed by atoms with Crippen molar-refractivity contribution in [2.75, 3.05) is 0 Å². The molecular weight excluding hydrogens is 999 g/mol. The Morgan fingerprint density at radius 2 is 0.618 bits per heavy atom. The lowest BCUT2D eigenvalue weighted by molar-refractivity contribution is 0.480. The van der Waals surface area contributed by atoms with Crippen LogP contribution in [0.2, 0.25) is 20.1 Å². The van der Waals surface area contributed by atoms with Crippen LogP contribution >= 0.6 is 46.4 Å². The number of para-hydroxylation sites is 4. The monoisotopic (exact) mass is 1030 g/mol. The molecule has 0 saturated carbocycles. The van der Waals surface area contributed by atoms with E-state index < -0.39 is 30.0 Å². The highest BCUT2D eigenvalue weighted by molar-refractivity contribution is 7.86. The number of halogens is 4. The van der Waals surface area contributed by atoms with Crippen LogP contribution in [0.4, 0.5) is 34.1 Å². The van der Waals surface area contributed by atoms with Gasteiger partial charge in [-0.15, -0.1) is 0 Å². The van der Waals surface area contributed by atoms with Gasteiger partial charge in [0, 0.05) is 0 Å². The number of H-pyrrole nitrogens is 6. The molecule has 0 aliphatic carbocycles. The average Bonchev–Trinajstić information content (AvgIpc) is 3.29. The predicted molar refractivity (Wildman–Crippen MR) is 258 cm³/mol. The molecule has 8 N–H and O–H groups in total. The maximum absolute atomic E-state index is 12.8. The zero-order valence-electron chi connectivity index (χ0n) is 34.4. The fraction of sp³-hybridized carbons (Fsp3) is 0. The van der Waals surface area contributed by atoms with E-state index in [2.05, 4.69) is 59.9 Å². The lowest BCUT2D eigenvalue weighted by Gasteiger charge is -2.07. The second-order valence-corrected chi connectivity index (χ2v) is 18.5. The molecule has 0 spiro atoms. The molecule has 0 aliphatic heterocycles. The first-order valence-corrected chi connectivity index (χ1v) is 24.0. The summed E-state index contributed by atoms with van der Waals surface area (Å²) >= 11 is 25.4. The van der Waals surface area contributed by atoms with Gasteiger partial charge in [-0.3, -0.25) is 39.0 Å². The molecule has 344 valence electrons. The summed E-state index contributed by atoms with van der Waals surface area (Å²) in [6, 6.07) is 35.1. The number of benzene rings is 6. The molecule has 0 atom stereocenters. The van der Waals surface area contributed by atoms with Crippen molar-refractivity contribution < 1.29 is 25.9 Å². The van der Waals surface area contributed by atoms with Gasteiger partial charge in [0.1, 0.15) is 9.79 Å². The molecule has 0 amide bonds. The highest BCUT2D eigenvalue weighted by Gasteiger charge is 2.18. The van der Waals surface area contributed by atoms with Gasteiger partial charge in [-0.2, -0.15) is 16.8 Å². The Balaban J connectivity index is 1.19. The molecule has 0 fully saturated rings. The smallest absolute Gasteiger partial charge is 0.295 e. The molecule has 0 radical (unpaired) electrons. The molecule has 0 saturated heterocycles. The Hall–Kier alpha value is -7.14. The van der Waals surface area contributed by atoms with Crippen molar-refractivity contribution in [2.24, 2.45) is 30.0 Å². The second-order valence-electron chi connectivity index (χ2n) is 14.0. The van der Waals surface area contributed by atoms with Crippen LogP contribution in [0.25, 0.3) is 12.2 Å². The fourth-order valence-electron chi connectivity index (χ4n) is 6.19. The number of aromatic nitrogens is 6. The summed E-state index contributed by atoms with van der Waals surface area (Å²) in [6.07, 6.45) is 2.48. The van der Waals surface area contributed by atoms with E-state index in [1.165, 1.54) is 36.4 Å². The van der Waals surface area contributed by atoms with E-state index in [-0.39, 0.29) is 56.2 Å². The molecule has 24 heteroatoms. The summed E-state index contributed by atoms with van der Waals surface area (Å²) in [5, 5.41) is 1.43. The Morgan fingerprint density at radius 1 is 0.368 bits per heavy atom. The Kier molecular flexibility index (Phi) is 14.2. The van der Waals surface area contributed by atoms with E-state index in [1.807, 2.05) is 0 Å². The summed E-state index contributed by atoms with van der Waals surface area (Å²) in [5.41, 5.74) is 2.25. The quantitative estimate of drug-likeness (QED) is 0.0492. The number of hydrogen-bond donors (Lipinski definition) is 8. The first-order chi connectivity index (χ1) is 32.5. The van der Waals surface area contributed by atoms with Gasteiger partial charge >= 0.3 is 0 Å². The summed E-state index contributed by atoms with van der Waals surface area (Å²) in [6.45, 7) is 0. The number of nitrogens with one attached hydrogen (secondary N) is 6. The molecule has 6 aromatic carbocycles. The van der Waals surface area contributed by atoms with Crippen LogP contribution in [0.1, 0.15) is 11.1 Å². The summed E-state index contributed by atoms with van der Waals surface area (Å²) in [7, 11) is -9.84. The first-order valence-electron chi connectivity index (χ1n) is 19.6. The maximum atomic E-state index is 12.8. The van der Waals surface area contributed by atoms with Crippen LogP contribution < -0.4 is 33.7 Å². The van der Waals surface area contributed by atoms with Crippen molar-refractivity contribution in [1.29, 1.82) is 0 Å². The molecule has 8 rings (SSSR count). The van der Waals surface area contributed by atoms with Gasteiger partial charge in [-0.25, -0.2) is 30.0 Å². The van der Waals surface area contributed by atoms with E-state index in [0.29, 0.717) is 42.8 Å². The third-order valence-electron chi connectivity index (χ3n) is 9.23. The van der Waals surface area contributed by atoms with E-state index in [0.717, 1.165) is 12.1 Å². The molecule has 0 aliphatic rings. The normalized spacial score (nSPS) is 13.1. The molecular formula is C44H32Cl4N12O6S2. The zero-order chi connectivity index (χ0) is 48.0. The van der Waals surface area contributed by atoms with Crippen molar-refractivity contribution in [3.63, 3.8) is 0 Å². The van der Waals surface area contributed by atoms with Gasteiger partial charge in [0.15, 0.2) is 0 Å². The summed E-state index contributed by atoms with van der Waals surface area (Å²) in [5.74, 6) is 0. The van der Waals surface area contributed by atoms with Crippen molar-refractivity contribution in [2.45, 2.75) is 9.79 Å². The molecule has 8 aromatic rings. The highest BCUT2D eigenvalue weighted by Crippen LogP contribution is 2.29. The van der Waals surface area contributed by atoms with Crippen LogP contribution in [0.3, 0.4) is 0 Å². The number of rotatable bonds is 10. The number of aromatic amines is 6. The lowest BCUT2D eigenvalue weighted by Crippen LogP contribution is -2.36. The molecule has 2 aromatic heterocycles. The van der Waals surface area contributed by atoms with E-state index in [4.69, 9.17) is 46.4 Å². The maximum Gasteiger partial charge on any atom is 0.295 e. The minimum atomic E-state index is -4.92. The van der Waals surface area contributed by atoms with E-state index in [9.17, 15) is 25.9 Å².